The number of piperazine rings is 1. The Morgan fingerprint density at radius 3 is 2.56 bits per heavy atom. The zero-order valence-electron chi connectivity index (χ0n) is 15.9. The second kappa shape index (κ2) is 10.0. The second-order valence-electron chi connectivity index (χ2n) is 6.97. The number of halogens is 1. The van der Waals surface area contributed by atoms with Crippen LogP contribution in [0.5, 0.6) is 0 Å². The fourth-order valence-corrected chi connectivity index (χ4v) is 4.10. The van der Waals surface area contributed by atoms with E-state index in [2.05, 4.69) is 21.2 Å². The Hall–Kier alpha value is -1.66. The summed E-state index contributed by atoms with van der Waals surface area (Å²) in [6.45, 7) is 5.40. The molecule has 2 aromatic rings. The van der Waals surface area contributed by atoms with Gasteiger partial charge in [0.15, 0.2) is 0 Å². The van der Waals surface area contributed by atoms with Crippen LogP contribution in [0, 0.1) is 0 Å². The molecule has 0 bridgehead atoms. The number of aromatic nitrogens is 2. The van der Waals surface area contributed by atoms with Crippen LogP contribution in [0.3, 0.4) is 0 Å². The van der Waals surface area contributed by atoms with Gasteiger partial charge in [0.2, 0.25) is 11.0 Å². The van der Waals surface area contributed by atoms with Gasteiger partial charge < -0.3 is 9.80 Å². The molecule has 0 aliphatic carbocycles. The summed E-state index contributed by atoms with van der Waals surface area (Å²) in [6, 6.07) is 7.80. The standard InChI is InChI=1S/C20H27ClN4OS/c1-2-3-4-5-6-19(26)24-11-13-25(14-12-24)20-22-18(23-27-20)15-16-7-9-17(21)10-8-16/h7-10H,2-6,11-15H2,1H3. The SMILES string of the molecule is CCCCCCC(=O)N1CCN(c2nc(Cc3ccc(Cl)cc3)ns2)CC1. The van der Waals surface area contributed by atoms with Crippen molar-refractivity contribution in [3.8, 4) is 0 Å². The van der Waals surface area contributed by atoms with Crippen LogP contribution >= 0.6 is 23.1 Å². The third-order valence-electron chi connectivity index (χ3n) is 4.88. The summed E-state index contributed by atoms with van der Waals surface area (Å²) in [4.78, 5) is 21.2. The van der Waals surface area contributed by atoms with E-state index in [0.717, 1.165) is 60.6 Å². The third kappa shape index (κ3) is 5.91. The molecule has 1 aromatic heterocycles. The molecule has 1 amide bonds. The van der Waals surface area contributed by atoms with Crippen LogP contribution in [0.15, 0.2) is 24.3 Å². The van der Waals surface area contributed by atoms with Crippen molar-refractivity contribution >= 4 is 34.2 Å². The summed E-state index contributed by atoms with van der Waals surface area (Å²) < 4.78 is 4.50. The summed E-state index contributed by atoms with van der Waals surface area (Å²) in [6.07, 6.45) is 5.99. The van der Waals surface area contributed by atoms with Crippen molar-refractivity contribution in [1.29, 1.82) is 0 Å². The predicted molar refractivity (Wildman–Crippen MR) is 112 cm³/mol. The lowest BCUT2D eigenvalue weighted by Gasteiger charge is -2.34. The van der Waals surface area contributed by atoms with E-state index in [-0.39, 0.29) is 0 Å². The number of benzene rings is 1. The molecule has 1 aliphatic heterocycles. The number of carbonyl (C=O) groups excluding carboxylic acids is 1. The van der Waals surface area contributed by atoms with E-state index in [1.807, 2.05) is 29.2 Å². The Labute approximate surface area is 170 Å². The van der Waals surface area contributed by atoms with Crippen LogP contribution in [0.4, 0.5) is 5.13 Å². The number of anilines is 1. The molecular formula is C20H27ClN4OS. The van der Waals surface area contributed by atoms with Gasteiger partial charge in [0.1, 0.15) is 5.82 Å². The monoisotopic (exact) mass is 406 g/mol. The fraction of sp³-hybridized carbons (Fsp3) is 0.550. The molecule has 1 aromatic carbocycles. The summed E-state index contributed by atoms with van der Waals surface area (Å²) in [7, 11) is 0. The van der Waals surface area contributed by atoms with Crippen molar-refractivity contribution in [3.63, 3.8) is 0 Å². The van der Waals surface area contributed by atoms with E-state index < -0.39 is 0 Å². The average Bonchev–Trinajstić information content (AvgIpc) is 3.15. The molecule has 146 valence electrons. The molecule has 7 heteroatoms. The number of nitrogens with zero attached hydrogens (tertiary/aromatic N) is 4. The van der Waals surface area contributed by atoms with E-state index >= 15 is 0 Å². The van der Waals surface area contributed by atoms with Crippen LogP contribution in [0.2, 0.25) is 5.02 Å². The minimum absolute atomic E-state index is 0.298. The Morgan fingerprint density at radius 1 is 1.11 bits per heavy atom. The van der Waals surface area contributed by atoms with Crippen molar-refractivity contribution in [2.24, 2.45) is 0 Å². The van der Waals surface area contributed by atoms with Gasteiger partial charge in [-0.2, -0.15) is 4.37 Å². The highest BCUT2D eigenvalue weighted by Crippen LogP contribution is 2.21. The molecule has 0 unspecified atom stereocenters. The molecule has 0 N–H and O–H groups in total. The number of unbranched alkanes of at least 4 members (excludes halogenated alkanes) is 3. The zero-order valence-corrected chi connectivity index (χ0v) is 17.4. The van der Waals surface area contributed by atoms with Gasteiger partial charge in [0, 0.05) is 55.6 Å². The molecule has 2 heterocycles. The normalized spacial score (nSPS) is 14.6. The molecule has 0 radical (unpaired) electrons. The molecule has 1 fully saturated rings. The minimum Gasteiger partial charge on any atom is -0.343 e. The van der Waals surface area contributed by atoms with Crippen LogP contribution in [0.25, 0.3) is 0 Å². The van der Waals surface area contributed by atoms with Crippen molar-refractivity contribution < 1.29 is 4.79 Å². The van der Waals surface area contributed by atoms with Crippen molar-refractivity contribution in [3.05, 3.63) is 40.7 Å². The van der Waals surface area contributed by atoms with Gasteiger partial charge in [-0.1, -0.05) is 49.9 Å². The van der Waals surface area contributed by atoms with Gasteiger partial charge in [-0.15, -0.1) is 0 Å². The Balaban J connectivity index is 1.46. The molecule has 27 heavy (non-hydrogen) atoms. The quantitative estimate of drug-likeness (QED) is 0.609. The average molecular weight is 407 g/mol. The van der Waals surface area contributed by atoms with Gasteiger partial charge in [-0.3, -0.25) is 4.79 Å². The maximum absolute atomic E-state index is 12.3. The van der Waals surface area contributed by atoms with E-state index in [9.17, 15) is 4.79 Å². The maximum Gasteiger partial charge on any atom is 0.222 e. The topological polar surface area (TPSA) is 49.3 Å². The van der Waals surface area contributed by atoms with Crippen LogP contribution < -0.4 is 4.90 Å². The molecule has 1 saturated heterocycles. The zero-order chi connectivity index (χ0) is 19.1. The molecular weight excluding hydrogens is 380 g/mol. The smallest absolute Gasteiger partial charge is 0.222 e. The highest BCUT2D eigenvalue weighted by molar-refractivity contribution is 7.09. The summed E-state index contributed by atoms with van der Waals surface area (Å²) in [5, 5.41) is 1.69. The molecule has 3 rings (SSSR count). The van der Waals surface area contributed by atoms with Gasteiger partial charge in [0.25, 0.3) is 0 Å². The number of hydrogen-bond donors (Lipinski definition) is 0. The highest BCUT2D eigenvalue weighted by Gasteiger charge is 2.23. The lowest BCUT2D eigenvalue weighted by molar-refractivity contribution is -0.131. The lowest BCUT2D eigenvalue weighted by atomic mass is 10.1. The van der Waals surface area contributed by atoms with Gasteiger partial charge >= 0.3 is 0 Å². The number of rotatable bonds is 8. The third-order valence-corrected chi connectivity index (χ3v) is 5.95. The number of carbonyl (C=O) groups is 1. The number of amides is 1. The first kappa shape index (κ1) is 20.1. The molecule has 1 aliphatic rings. The first-order valence-corrected chi connectivity index (χ1v) is 10.9. The second-order valence-corrected chi connectivity index (χ2v) is 8.14. The van der Waals surface area contributed by atoms with E-state index in [1.165, 1.54) is 24.4 Å². The van der Waals surface area contributed by atoms with E-state index in [4.69, 9.17) is 11.6 Å². The molecule has 0 atom stereocenters. The van der Waals surface area contributed by atoms with Crippen molar-refractivity contribution in [2.45, 2.75) is 45.4 Å². The molecule has 0 saturated carbocycles. The van der Waals surface area contributed by atoms with Crippen LogP contribution in [0.1, 0.15) is 50.4 Å². The van der Waals surface area contributed by atoms with Gasteiger partial charge in [-0.25, -0.2) is 4.98 Å². The van der Waals surface area contributed by atoms with Crippen LogP contribution in [-0.2, 0) is 11.2 Å². The van der Waals surface area contributed by atoms with Crippen molar-refractivity contribution in [1.82, 2.24) is 14.3 Å². The summed E-state index contributed by atoms with van der Waals surface area (Å²) >= 11 is 7.38. The Kier molecular flexibility index (Phi) is 7.47. The minimum atomic E-state index is 0.298. The van der Waals surface area contributed by atoms with Crippen molar-refractivity contribution in [2.75, 3.05) is 31.1 Å². The Bertz CT molecular complexity index is 726. The lowest BCUT2D eigenvalue weighted by Crippen LogP contribution is -2.48. The molecule has 5 nitrogen and oxygen atoms in total. The summed E-state index contributed by atoms with van der Waals surface area (Å²) in [5.41, 5.74) is 1.15. The highest BCUT2D eigenvalue weighted by atomic mass is 35.5. The summed E-state index contributed by atoms with van der Waals surface area (Å²) in [5.74, 6) is 1.14. The largest absolute Gasteiger partial charge is 0.343 e. The van der Waals surface area contributed by atoms with Gasteiger partial charge in [-0.05, 0) is 24.1 Å². The van der Waals surface area contributed by atoms with Crippen LogP contribution in [-0.4, -0.2) is 46.3 Å². The van der Waals surface area contributed by atoms with E-state index in [1.54, 1.807) is 0 Å². The first-order valence-electron chi connectivity index (χ1n) is 9.75. The molecule has 0 spiro atoms. The fourth-order valence-electron chi connectivity index (χ4n) is 3.24. The van der Waals surface area contributed by atoms with Gasteiger partial charge in [0.05, 0.1) is 0 Å². The Morgan fingerprint density at radius 2 is 1.85 bits per heavy atom. The predicted octanol–water partition coefficient (Wildman–Crippen LogP) is 4.40. The first-order chi connectivity index (χ1) is 13.2. The number of hydrogen-bond acceptors (Lipinski definition) is 5. The maximum atomic E-state index is 12.3. The van der Waals surface area contributed by atoms with E-state index in [0.29, 0.717) is 18.7 Å².